The zero-order valence-electron chi connectivity index (χ0n) is 16.7. The van der Waals surface area contributed by atoms with Gasteiger partial charge < -0.3 is 14.1 Å². The predicted molar refractivity (Wildman–Crippen MR) is 104 cm³/mol. The molecule has 3 heterocycles. The number of rotatable bonds is 4. The van der Waals surface area contributed by atoms with E-state index in [1.165, 1.54) is 6.33 Å². The first-order valence-corrected chi connectivity index (χ1v) is 12.2. The molecule has 0 spiro atoms. The number of hydrogen-bond acceptors (Lipinski definition) is 5. The molecule has 0 aliphatic carbocycles. The van der Waals surface area contributed by atoms with Crippen LogP contribution < -0.4 is 5.56 Å². The van der Waals surface area contributed by atoms with Gasteiger partial charge in [0.25, 0.3) is 5.56 Å². The number of nitrogens with one attached hydrogen (secondary N) is 1. The van der Waals surface area contributed by atoms with Gasteiger partial charge >= 0.3 is 0 Å². The van der Waals surface area contributed by atoms with Gasteiger partial charge in [-0.05, 0) is 24.6 Å². The van der Waals surface area contributed by atoms with E-state index in [9.17, 15) is 4.79 Å². The van der Waals surface area contributed by atoms with Gasteiger partial charge in [0.05, 0.1) is 24.9 Å². The summed E-state index contributed by atoms with van der Waals surface area (Å²) in [6, 6.07) is 0. The maximum atomic E-state index is 12.0. The third-order valence-electron chi connectivity index (χ3n) is 5.98. The molecule has 26 heavy (non-hydrogen) atoms. The van der Waals surface area contributed by atoms with E-state index >= 15 is 0 Å². The summed E-state index contributed by atoms with van der Waals surface area (Å²) in [7, 11) is -1.99. The standard InChI is InChI=1S/C18H30N4O3Si/c1-8-12-11(2)14(25-26(6,7)18(3,4)5)17(24-12)22-10-21-13-15(22)19-9-20-16(13)23/h9-12,14,17H,8H2,1-7H3,(H,19,20,23)/t11-,12-,14-,17-/m1/s1. The summed E-state index contributed by atoms with van der Waals surface area (Å²) < 4.78 is 15.0. The Morgan fingerprint density at radius 2 is 2.04 bits per heavy atom. The Kier molecular flexibility index (Phi) is 4.87. The fourth-order valence-corrected chi connectivity index (χ4v) is 4.64. The highest BCUT2D eigenvalue weighted by atomic mass is 28.4. The molecule has 2 aromatic rings. The molecule has 1 aliphatic rings. The first-order valence-electron chi connectivity index (χ1n) is 9.30. The highest BCUT2D eigenvalue weighted by Crippen LogP contribution is 2.44. The van der Waals surface area contributed by atoms with Crippen molar-refractivity contribution in [3.05, 3.63) is 23.0 Å². The smallest absolute Gasteiger partial charge is 0.278 e. The van der Waals surface area contributed by atoms with Crippen molar-refractivity contribution in [3.8, 4) is 0 Å². The Labute approximate surface area is 155 Å². The van der Waals surface area contributed by atoms with Crippen molar-refractivity contribution in [2.75, 3.05) is 0 Å². The van der Waals surface area contributed by atoms with E-state index < -0.39 is 8.32 Å². The van der Waals surface area contributed by atoms with Gasteiger partial charge in [0.1, 0.15) is 0 Å². The van der Waals surface area contributed by atoms with E-state index in [0.29, 0.717) is 11.2 Å². The molecule has 4 atom stereocenters. The van der Waals surface area contributed by atoms with Crippen LogP contribution in [0.2, 0.25) is 18.1 Å². The van der Waals surface area contributed by atoms with Crippen LogP contribution in [0.25, 0.3) is 11.2 Å². The number of H-pyrrole nitrogens is 1. The number of hydrogen-bond donors (Lipinski definition) is 1. The Balaban J connectivity index is 2.03. The summed E-state index contributed by atoms with van der Waals surface area (Å²) in [6.45, 7) is 15.5. The molecule has 0 radical (unpaired) electrons. The summed E-state index contributed by atoms with van der Waals surface area (Å²) in [6.07, 6.45) is 3.64. The van der Waals surface area contributed by atoms with Crippen LogP contribution in [-0.2, 0) is 9.16 Å². The van der Waals surface area contributed by atoms with Gasteiger partial charge in [0.2, 0.25) is 0 Å². The van der Waals surface area contributed by atoms with Crippen molar-refractivity contribution in [3.63, 3.8) is 0 Å². The van der Waals surface area contributed by atoms with Crippen LogP contribution in [0.3, 0.4) is 0 Å². The van der Waals surface area contributed by atoms with Crippen LogP contribution in [0.5, 0.6) is 0 Å². The molecule has 0 aromatic carbocycles. The van der Waals surface area contributed by atoms with Crippen LogP contribution in [0.15, 0.2) is 17.4 Å². The van der Waals surface area contributed by atoms with Crippen molar-refractivity contribution in [1.29, 1.82) is 0 Å². The minimum absolute atomic E-state index is 0.0978. The molecule has 1 aliphatic heterocycles. The SMILES string of the molecule is CC[C@H]1O[C@@H](n2cnc3c(=O)[nH]cnc32)[C@H](O[Si](C)(C)C(C)(C)C)[C@@H]1C. The van der Waals surface area contributed by atoms with Gasteiger partial charge in [0.15, 0.2) is 25.7 Å². The molecule has 3 rings (SSSR count). The van der Waals surface area contributed by atoms with E-state index in [2.05, 4.69) is 62.7 Å². The highest BCUT2D eigenvalue weighted by Gasteiger charge is 2.48. The molecule has 1 saturated heterocycles. The summed E-state index contributed by atoms with van der Waals surface area (Å²) in [4.78, 5) is 23.1. The van der Waals surface area contributed by atoms with Crippen molar-refractivity contribution in [2.24, 2.45) is 5.92 Å². The van der Waals surface area contributed by atoms with Crippen molar-refractivity contribution in [1.82, 2.24) is 19.5 Å². The van der Waals surface area contributed by atoms with Crippen LogP contribution in [0, 0.1) is 5.92 Å². The molecule has 1 N–H and O–H groups in total. The van der Waals surface area contributed by atoms with Crippen LogP contribution in [-0.4, -0.2) is 40.0 Å². The Bertz CT molecular complexity index is 839. The molecule has 1 fully saturated rings. The van der Waals surface area contributed by atoms with Crippen molar-refractivity contribution >= 4 is 19.5 Å². The second-order valence-electron chi connectivity index (χ2n) is 8.73. The van der Waals surface area contributed by atoms with Gasteiger partial charge in [-0.1, -0.05) is 34.6 Å². The van der Waals surface area contributed by atoms with Crippen molar-refractivity contribution < 1.29 is 9.16 Å². The maximum Gasteiger partial charge on any atom is 0.278 e. The van der Waals surface area contributed by atoms with Crippen molar-refractivity contribution in [2.45, 2.75) is 77.6 Å². The lowest BCUT2D eigenvalue weighted by Crippen LogP contribution is -2.46. The molecule has 0 bridgehead atoms. The zero-order valence-corrected chi connectivity index (χ0v) is 17.7. The average molecular weight is 379 g/mol. The highest BCUT2D eigenvalue weighted by molar-refractivity contribution is 6.74. The molecule has 144 valence electrons. The lowest BCUT2D eigenvalue weighted by Gasteiger charge is -2.40. The number of nitrogens with zero attached hydrogens (tertiary/aromatic N) is 3. The van der Waals surface area contributed by atoms with E-state index in [1.54, 1.807) is 6.33 Å². The predicted octanol–water partition coefficient (Wildman–Crippen LogP) is 3.45. The molecular formula is C18H30N4O3Si. The maximum absolute atomic E-state index is 12.0. The molecular weight excluding hydrogens is 348 g/mol. The fourth-order valence-electron chi connectivity index (χ4n) is 3.28. The molecule has 7 nitrogen and oxygen atoms in total. The molecule has 0 unspecified atom stereocenters. The quantitative estimate of drug-likeness (QED) is 0.824. The number of imidazole rings is 1. The van der Waals surface area contributed by atoms with Gasteiger partial charge in [-0.25, -0.2) is 9.97 Å². The van der Waals surface area contributed by atoms with Crippen LogP contribution >= 0.6 is 0 Å². The fraction of sp³-hybridized carbons (Fsp3) is 0.722. The summed E-state index contributed by atoms with van der Waals surface area (Å²) in [5.41, 5.74) is 0.620. The third-order valence-corrected chi connectivity index (χ3v) is 10.5. The molecule has 2 aromatic heterocycles. The monoisotopic (exact) mass is 378 g/mol. The summed E-state index contributed by atoms with van der Waals surface area (Å²) in [5, 5.41) is 0.105. The van der Waals surface area contributed by atoms with Gasteiger partial charge in [-0.2, -0.15) is 0 Å². The first kappa shape index (κ1) is 19.3. The largest absolute Gasteiger partial charge is 0.409 e. The number of ether oxygens (including phenoxy) is 1. The molecule has 0 amide bonds. The first-order chi connectivity index (χ1) is 12.1. The number of fused-ring (bicyclic) bond motifs is 1. The van der Waals surface area contributed by atoms with E-state index in [-0.39, 0.29) is 35.0 Å². The Morgan fingerprint density at radius 1 is 1.35 bits per heavy atom. The normalized spacial score (nSPS) is 27.3. The lowest BCUT2D eigenvalue weighted by atomic mass is 9.99. The van der Waals surface area contributed by atoms with Gasteiger partial charge in [0, 0.05) is 5.92 Å². The lowest BCUT2D eigenvalue weighted by molar-refractivity contribution is -0.0321. The minimum Gasteiger partial charge on any atom is -0.409 e. The summed E-state index contributed by atoms with van der Waals surface area (Å²) in [5.74, 6) is 0.249. The van der Waals surface area contributed by atoms with Crippen LogP contribution in [0.4, 0.5) is 0 Å². The number of aromatic amines is 1. The zero-order chi connectivity index (χ0) is 19.3. The van der Waals surface area contributed by atoms with E-state index in [1.807, 2.05) is 4.57 Å². The second-order valence-corrected chi connectivity index (χ2v) is 13.5. The second kappa shape index (κ2) is 6.58. The summed E-state index contributed by atoms with van der Waals surface area (Å²) >= 11 is 0. The number of aromatic nitrogens is 4. The van der Waals surface area contributed by atoms with E-state index in [4.69, 9.17) is 9.16 Å². The Morgan fingerprint density at radius 3 is 2.65 bits per heavy atom. The minimum atomic E-state index is -1.99. The molecule has 8 heteroatoms. The third kappa shape index (κ3) is 3.14. The van der Waals surface area contributed by atoms with E-state index in [0.717, 1.165) is 6.42 Å². The van der Waals surface area contributed by atoms with Crippen LogP contribution in [0.1, 0.15) is 47.3 Å². The van der Waals surface area contributed by atoms with Gasteiger partial charge in [-0.15, -0.1) is 0 Å². The topological polar surface area (TPSA) is 82.0 Å². The average Bonchev–Trinajstić information content (AvgIpc) is 3.09. The Hall–Kier alpha value is -1.51. The molecule has 0 saturated carbocycles. The van der Waals surface area contributed by atoms with Gasteiger partial charge in [-0.3, -0.25) is 9.36 Å².